The number of aryl methyl sites for hydroxylation is 1. The first-order valence-corrected chi connectivity index (χ1v) is 9.62. The van der Waals surface area contributed by atoms with E-state index in [1.807, 2.05) is 30.3 Å². The number of nitrogens with zero attached hydrogens (tertiary/aromatic N) is 2. The van der Waals surface area contributed by atoms with Crippen LogP contribution < -0.4 is 5.32 Å². The van der Waals surface area contributed by atoms with E-state index in [4.69, 9.17) is 16.3 Å². The Morgan fingerprint density at radius 1 is 1.22 bits per heavy atom. The molecule has 1 amide bonds. The number of thiophene rings is 1. The monoisotopic (exact) mass is 403 g/mol. The van der Waals surface area contributed by atoms with E-state index in [0.717, 1.165) is 4.88 Å². The standard InChI is InChI=1S/C19H18ClN3O3S/c1-2-26-19(25)15-11-12-23(22-15)16-6-4-3-5-14(16)21-18(24)10-8-13-7-9-17(20)27-13/h3-7,9,11-12H,2,8,10H2,1H3,(H,21,24). The van der Waals surface area contributed by atoms with E-state index in [9.17, 15) is 9.59 Å². The van der Waals surface area contributed by atoms with Crippen LogP contribution >= 0.6 is 22.9 Å². The molecule has 6 nitrogen and oxygen atoms in total. The highest BCUT2D eigenvalue weighted by Crippen LogP contribution is 2.23. The summed E-state index contributed by atoms with van der Waals surface area (Å²) in [6, 6.07) is 12.6. The van der Waals surface area contributed by atoms with Gasteiger partial charge in [-0.15, -0.1) is 11.3 Å². The van der Waals surface area contributed by atoms with Crippen LogP contribution in [-0.4, -0.2) is 28.3 Å². The first-order valence-electron chi connectivity index (χ1n) is 8.43. The van der Waals surface area contributed by atoms with Crippen molar-refractivity contribution in [3.63, 3.8) is 0 Å². The normalized spacial score (nSPS) is 10.6. The van der Waals surface area contributed by atoms with Crippen LogP contribution in [-0.2, 0) is 16.0 Å². The van der Waals surface area contributed by atoms with E-state index in [1.165, 1.54) is 11.3 Å². The molecule has 0 aliphatic carbocycles. The lowest BCUT2D eigenvalue weighted by Gasteiger charge is -2.11. The van der Waals surface area contributed by atoms with E-state index in [2.05, 4.69) is 10.4 Å². The van der Waals surface area contributed by atoms with Gasteiger partial charge in [0.2, 0.25) is 5.91 Å². The number of rotatable bonds is 7. The van der Waals surface area contributed by atoms with Crippen molar-refractivity contribution in [1.29, 1.82) is 0 Å². The lowest BCUT2D eigenvalue weighted by atomic mass is 10.2. The number of aromatic nitrogens is 2. The number of esters is 1. The fraction of sp³-hybridized carbons (Fsp3) is 0.211. The molecule has 27 heavy (non-hydrogen) atoms. The molecule has 3 rings (SSSR count). The molecule has 0 spiro atoms. The Bertz CT molecular complexity index is 951. The maximum absolute atomic E-state index is 12.3. The highest BCUT2D eigenvalue weighted by molar-refractivity contribution is 7.16. The molecule has 0 aliphatic heterocycles. The number of para-hydroxylation sites is 2. The van der Waals surface area contributed by atoms with Gasteiger partial charge in [0.05, 0.1) is 22.3 Å². The quantitative estimate of drug-likeness (QED) is 0.596. The van der Waals surface area contributed by atoms with Gasteiger partial charge in [0.1, 0.15) is 0 Å². The number of benzene rings is 1. The molecule has 2 heterocycles. The number of hydrogen-bond acceptors (Lipinski definition) is 5. The third-order valence-corrected chi connectivity index (χ3v) is 5.02. The first kappa shape index (κ1) is 19.1. The number of hydrogen-bond donors (Lipinski definition) is 1. The summed E-state index contributed by atoms with van der Waals surface area (Å²) < 4.78 is 7.21. The smallest absolute Gasteiger partial charge is 0.358 e. The van der Waals surface area contributed by atoms with E-state index in [-0.39, 0.29) is 18.2 Å². The molecule has 0 radical (unpaired) electrons. The number of amides is 1. The van der Waals surface area contributed by atoms with Crippen LogP contribution in [0.2, 0.25) is 4.34 Å². The molecule has 1 aromatic carbocycles. The summed E-state index contributed by atoms with van der Waals surface area (Å²) in [5.41, 5.74) is 1.50. The molecule has 0 fully saturated rings. The molecule has 0 bridgehead atoms. The largest absolute Gasteiger partial charge is 0.461 e. The molecule has 0 unspecified atom stereocenters. The maximum atomic E-state index is 12.3. The van der Waals surface area contributed by atoms with Crippen molar-refractivity contribution in [2.75, 3.05) is 11.9 Å². The van der Waals surface area contributed by atoms with Gasteiger partial charge < -0.3 is 10.1 Å². The van der Waals surface area contributed by atoms with Crippen molar-refractivity contribution in [3.8, 4) is 5.69 Å². The van der Waals surface area contributed by atoms with E-state index < -0.39 is 5.97 Å². The van der Waals surface area contributed by atoms with Gasteiger partial charge >= 0.3 is 5.97 Å². The summed E-state index contributed by atoms with van der Waals surface area (Å²) in [6.07, 6.45) is 2.63. The molecule has 3 aromatic rings. The highest BCUT2D eigenvalue weighted by atomic mass is 35.5. The molecule has 1 N–H and O–H groups in total. The van der Waals surface area contributed by atoms with Crippen molar-refractivity contribution in [2.24, 2.45) is 0 Å². The van der Waals surface area contributed by atoms with Gasteiger partial charge in [0, 0.05) is 17.5 Å². The van der Waals surface area contributed by atoms with Gasteiger partial charge in [0.25, 0.3) is 0 Å². The minimum absolute atomic E-state index is 0.107. The number of ether oxygens (including phenoxy) is 1. The third-order valence-electron chi connectivity index (χ3n) is 3.73. The number of carbonyl (C=O) groups excluding carboxylic acids is 2. The summed E-state index contributed by atoms with van der Waals surface area (Å²) in [6.45, 7) is 2.03. The zero-order valence-electron chi connectivity index (χ0n) is 14.6. The Morgan fingerprint density at radius 2 is 2.04 bits per heavy atom. The topological polar surface area (TPSA) is 73.2 Å². The van der Waals surface area contributed by atoms with Gasteiger partial charge in [-0.25, -0.2) is 9.48 Å². The Morgan fingerprint density at radius 3 is 2.78 bits per heavy atom. The van der Waals surface area contributed by atoms with Gasteiger partial charge in [-0.05, 0) is 43.7 Å². The van der Waals surface area contributed by atoms with E-state index in [1.54, 1.807) is 29.9 Å². The van der Waals surface area contributed by atoms with Gasteiger partial charge in [-0.1, -0.05) is 23.7 Å². The van der Waals surface area contributed by atoms with Crippen LogP contribution in [0.5, 0.6) is 0 Å². The van der Waals surface area contributed by atoms with Crippen LogP contribution in [0.3, 0.4) is 0 Å². The average molecular weight is 404 g/mol. The Kier molecular flexibility index (Phi) is 6.26. The number of nitrogens with one attached hydrogen (secondary N) is 1. The molecule has 8 heteroatoms. The van der Waals surface area contributed by atoms with Crippen molar-refractivity contribution < 1.29 is 14.3 Å². The third kappa shape index (κ3) is 4.96. The number of anilines is 1. The fourth-order valence-electron chi connectivity index (χ4n) is 2.49. The summed E-state index contributed by atoms with van der Waals surface area (Å²) in [4.78, 5) is 25.2. The summed E-state index contributed by atoms with van der Waals surface area (Å²) >= 11 is 7.39. The molecule has 0 saturated heterocycles. The second kappa shape index (κ2) is 8.83. The molecule has 0 atom stereocenters. The summed E-state index contributed by atoms with van der Waals surface area (Å²) in [7, 11) is 0. The zero-order valence-corrected chi connectivity index (χ0v) is 16.2. The molecule has 140 valence electrons. The molecule has 0 saturated carbocycles. The number of carbonyl (C=O) groups is 2. The van der Waals surface area contributed by atoms with Crippen molar-refractivity contribution in [2.45, 2.75) is 19.8 Å². The van der Waals surface area contributed by atoms with Crippen LogP contribution in [0.15, 0.2) is 48.7 Å². The van der Waals surface area contributed by atoms with Gasteiger partial charge in [-0.3, -0.25) is 4.79 Å². The van der Waals surface area contributed by atoms with Crippen LogP contribution in [0.25, 0.3) is 5.69 Å². The van der Waals surface area contributed by atoms with Crippen molar-refractivity contribution in [1.82, 2.24) is 9.78 Å². The molecular weight excluding hydrogens is 386 g/mol. The predicted octanol–water partition coefficient (Wildman–Crippen LogP) is 4.34. The average Bonchev–Trinajstić information content (AvgIpc) is 3.30. The molecule has 0 aliphatic rings. The van der Waals surface area contributed by atoms with Crippen molar-refractivity contribution in [3.05, 3.63) is 63.6 Å². The Labute approximate surface area is 165 Å². The Hall–Kier alpha value is -2.64. The van der Waals surface area contributed by atoms with Crippen LogP contribution in [0.1, 0.15) is 28.7 Å². The first-order chi connectivity index (χ1) is 13.1. The molecular formula is C19H18ClN3O3S. The van der Waals surface area contributed by atoms with Gasteiger partial charge in [-0.2, -0.15) is 5.10 Å². The second-order valence-corrected chi connectivity index (χ2v) is 7.44. The van der Waals surface area contributed by atoms with Crippen LogP contribution in [0.4, 0.5) is 5.69 Å². The number of halogens is 1. The SMILES string of the molecule is CCOC(=O)c1ccn(-c2ccccc2NC(=O)CCc2ccc(Cl)s2)n1. The lowest BCUT2D eigenvalue weighted by molar-refractivity contribution is -0.116. The van der Waals surface area contributed by atoms with Crippen LogP contribution in [0, 0.1) is 0 Å². The fourth-order valence-corrected chi connectivity index (χ4v) is 3.57. The summed E-state index contributed by atoms with van der Waals surface area (Å²) in [5, 5.41) is 7.15. The Balaban J connectivity index is 1.70. The second-order valence-electron chi connectivity index (χ2n) is 5.64. The van der Waals surface area contributed by atoms with E-state index in [0.29, 0.717) is 28.6 Å². The zero-order chi connectivity index (χ0) is 19.2. The lowest BCUT2D eigenvalue weighted by Crippen LogP contribution is -2.14. The van der Waals surface area contributed by atoms with Crippen molar-refractivity contribution >= 4 is 40.5 Å². The maximum Gasteiger partial charge on any atom is 0.358 e. The van der Waals surface area contributed by atoms with Gasteiger partial charge in [0.15, 0.2) is 5.69 Å². The van der Waals surface area contributed by atoms with E-state index >= 15 is 0 Å². The summed E-state index contributed by atoms with van der Waals surface area (Å²) in [5.74, 6) is -0.586. The minimum atomic E-state index is -0.479. The highest BCUT2D eigenvalue weighted by Gasteiger charge is 2.14. The minimum Gasteiger partial charge on any atom is -0.461 e. The predicted molar refractivity (Wildman–Crippen MR) is 106 cm³/mol. The molecule has 2 aromatic heterocycles.